The standard InChI is InChI=1S/C19H20Cl2N2O3/c1-23(2)19(25)13-5-8-17(26-3)16(10-13)22-18(24)9-6-12-4-7-14(20)11-15(12)21/h4-5,7-8,10-11H,6,9H2,1-3H3,(H,22,24). The van der Waals surface area contributed by atoms with Crippen LogP contribution in [0.25, 0.3) is 0 Å². The number of carbonyl (C=O) groups is 2. The number of hydrogen-bond acceptors (Lipinski definition) is 3. The lowest BCUT2D eigenvalue weighted by Crippen LogP contribution is -2.22. The smallest absolute Gasteiger partial charge is 0.253 e. The quantitative estimate of drug-likeness (QED) is 0.795. The molecule has 2 amide bonds. The summed E-state index contributed by atoms with van der Waals surface area (Å²) in [5.41, 5.74) is 1.76. The first-order valence-corrected chi connectivity index (χ1v) is 8.71. The lowest BCUT2D eigenvalue weighted by molar-refractivity contribution is -0.116. The average molecular weight is 395 g/mol. The number of ether oxygens (including phenoxy) is 1. The van der Waals surface area contributed by atoms with Crippen LogP contribution in [0.15, 0.2) is 36.4 Å². The highest BCUT2D eigenvalue weighted by molar-refractivity contribution is 6.35. The molecule has 0 heterocycles. The minimum absolute atomic E-state index is 0.156. The molecule has 0 saturated carbocycles. The zero-order valence-corrected chi connectivity index (χ0v) is 16.3. The van der Waals surface area contributed by atoms with Crippen LogP contribution in [0.2, 0.25) is 10.0 Å². The minimum atomic E-state index is -0.205. The summed E-state index contributed by atoms with van der Waals surface area (Å²) in [4.78, 5) is 25.9. The number of rotatable bonds is 6. The van der Waals surface area contributed by atoms with Crippen molar-refractivity contribution in [1.29, 1.82) is 0 Å². The third kappa shape index (κ3) is 5.13. The Labute approximate surface area is 162 Å². The number of carbonyl (C=O) groups excluding carboxylic acids is 2. The van der Waals surface area contributed by atoms with E-state index in [1.54, 1.807) is 50.5 Å². The van der Waals surface area contributed by atoms with Crippen LogP contribution in [0.5, 0.6) is 5.75 Å². The van der Waals surface area contributed by atoms with Gasteiger partial charge in [0.2, 0.25) is 5.91 Å². The predicted octanol–water partition coefficient (Wildman–Crippen LogP) is 4.28. The molecule has 0 fully saturated rings. The fraction of sp³-hybridized carbons (Fsp3) is 0.263. The van der Waals surface area contributed by atoms with Crippen LogP contribution >= 0.6 is 23.2 Å². The van der Waals surface area contributed by atoms with Gasteiger partial charge in [0.15, 0.2) is 0 Å². The van der Waals surface area contributed by atoms with Gasteiger partial charge < -0.3 is 15.0 Å². The van der Waals surface area contributed by atoms with Crippen LogP contribution in [-0.2, 0) is 11.2 Å². The summed E-state index contributed by atoms with van der Waals surface area (Å²) in [6.45, 7) is 0. The van der Waals surface area contributed by atoms with Crippen LogP contribution in [-0.4, -0.2) is 37.9 Å². The Kier molecular flexibility index (Phi) is 6.89. The first-order chi connectivity index (χ1) is 12.3. The van der Waals surface area contributed by atoms with E-state index < -0.39 is 0 Å². The summed E-state index contributed by atoms with van der Waals surface area (Å²) < 4.78 is 5.26. The first-order valence-electron chi connectivity index (χ1n) is 7.95. The number of methoxy groups -OCH3 is 1. The number of nitrogens with one attached hydrogen (secondary N) is 1. The van der Waals surface area contributed by atoms with Gasteiger partial charge in [0.05, 0.1) is 12.8 Å². The molecule has 0 bridgehead atoms. The van der Waals surface area contributed by atoms with Gasteiger partial charge in [0.25, 0.3) is 5.91 Å². The molecule has 0 saturated heterocycles. The van der Waals surface area contributed by atoms with Crippen LogP contribution in [0, 0.1) is 0 Å². The average Bonchev–Trinajstić information content (AvgIpc) is 2.60. The van der Waals surface area contributed by atoms with Gasteiger partial charge in [0, 0.05) is 36.1 Å². The van der Waals surface area contributed by atoms with E-state index in [1.165, 1.54) is 12.0 Å². The summed E-state index contributed by atoms with van der Waals surface area (Å²) in [5.74, 6) is 0.123. The zero-order chi connectivity index (χ0) is 19.3. The van der Waals surface area contributed by atoms with Crippen LogP contribution in [0.4, 0.5) is 5.69 Å². The van der Waals surface area contributed by atoms with E-state index in [0.717, 1.165) is 5.56 Å². The number of halogens is 2. The number of nitrogens with zero attached hydrogens (tertiary/aromatic N) is 1. The van der Waals surface area contributed by atoms with Crippen molar-refractivity contribution >= 4 is 40.7 Å². The second-order valence-corrected chi connectivity index (χ2v) is 6.74. The summed E-state index contributed by atoms with van der Waals surface area (Å²) in [6, 6.07) is 10.1. The molecule has 0 aromatic heterocycles. The van der Waals surface area contributed by atoms with Crippen molar-refractivity contribution in [3.8, 4) is 5.75 Å². The summed E-state index contributed by atoms with van der Waals surface area (Å²) in [6.07, 6.45) is 0.705. The zero-order valence-electron chi connectivity index (χ0n) is 14.8. The molecule has 2 rings (SSSR count). The summed E-state index contributed by atoms with van der Waals surface area (Å²) in [5, 5.41) is 3.87. The van der Waals surface area contributed by atoms with E-state index in [4.69, 9.17) is 27.9 Å². The molecule has 0 aliphatic rings. The maximum absolute atomic E-state index is 12.3. The van der Waals surface area contributed by atoms with Gasteiger partial charge in [-0.1, -0.05) is 29.3 Å². The first kappa shape index (κ1) is 20.1. The third-order valence-corrected chi connectivity index (χ3v) is 4.35. The Balaban J connectivity index is 2.09. The summed E-state index contributed by atoms with van der Waals surface area (Å²) >= 11 is 12.0. The van der Waals surface area contributed by atoms with Crippen LogP contribution in [0.3, 0.4) is 0 Å². The Bertz CT molecular complexity index is 822. The molecule has 0 aliphatic carbocycles. The predicted molar refractivity (Wildman–Crippen MR) is 104 cm³/mol. The number of benzene rings is 2. The molecule has 0 radical (unpaired) electrons. The van der Waals surface area contributed by atoms with Gasteiger partial charge in [0.1, 0.15) is 5.75 Å². The molecule has 5 nitrogen and oxygen atoms in total. The van der Waals surface area contributed by atoms with Crippen molar-refractivity contribution in [2.75, 3.05) is 26.5 Å². The Morgan fingerprint density at radius 1 is 1.12 bits per heavy atom. The topological polar surface area (TPSA) is 58.6 Å². The third-order valence-electron chi connectivity index (χ3n) is 3.76. The van der Waals surface area contributed by atoms with Gasteiger partial charge in [-0.3, -0.25) is 9.59 Å². The van der Waals surface area contributed by atoms with Gasteiger partial charge in [-0.15, -0.1) is 0 Å². The molecule has 2 aromatic rings. The van der Waals surface area contributed by atoms with E-state index in [-0.39, 0.29) is 18.2 Å². The SMILES string of the molecule is COc1ccc(C(=O)N(C)C)cc1NC(=O)CCc1ccc(Cl)cc1Cl. The second kappa shape index (κ2) is 8.92. The van der Waals surface area contributed by atoms with E-state index in [2.05, 4.69) is 5.32 Å². The highest BCUT2D eigenvalue weighted by Crippen LogP contribution is 2.27. The largest absolute Gasteiger partial charge is 0.495 e. The fourth-order valence-electron chi connectivity index (χ4n) is 2.38. The molecule has 7 heteroatoms. The number of amides is 2. The van der Waals surface area contributed by atoms with E-state index >= 15 is 0 Å². The van der Waals surface area contributed by atoms with E-state index in [9.17, 15) is 9.59 Å². The van der Waals surface area contributed by atoms with Crippen molar-refractivity contribution in [1.82, 2.24) is 4.90 Å². The van der Waals surface area contributed by atoms with Crippen molar-refractivity contribution in [2.24, 2.45) is 0 Å². The molecule has 1 N–H and O–H groups in total. The lowest BCUT2D eigenvalue weighted by atomic mass is 10.1. The maximum atomic E-state index is 12.3. The molecular formula is C19H20Cl2N2O3. The van der Waals surface area contributed by atoms with Crippen molar-refractivity contribution in [2.45, 2.75) is 12.8 Å². The Hall–Kier alpha value is -2.24. The number of hydrogen-bond donors (Lipinski definition) is 1. The highest BCUT2D eigenvalue weighted by Gasteiger charge is 2.14. The van der Waals surface area contributed by atoms with Gasteiger partial charge in [-0.05, 0) is 42.3 Å². The monoisotopic (exact) mass is 394 g/mol. The second-order valence-electron chi connectivity index (χ2n) is 5.90. The lowest BCUT2D eigenvalue weighted by Gasteiger charge is -2.14. The normalized spacial score (nSPS) is 10.3. The maximum Gasteiger partial charge on any atom is 0.253 e. The Morgan fingerprint density at radius 2 is 1.85 bits per heavy atom. The summed E-state index contributed by atoms with van der Waals surface area (Å²) in [7, 11) is 4.84. The molecular weight excluding hydrogens is 375 g/mol. The molecule has 0 atom stereocenters. The van der Waals surface area contributed by atoms with E-state index in [1.807, 2.05) is 0 Å². The molecule has 0 spiro atoms. The number of aryl methyl sites for hydroxylation is 1. The number of anilines is 1. The van der Waals surface area contributed by atoms with Gasteiger partial charge >= 0.3 is 0 Å². The highest BCUT2D eigenvalue weighted by atomic mass is 35.5. The van der Waals surface area contributed by atoms with Crippen LogP contribution in [0.1, 0.15) is 22.3 Å². The Morgan fingerprint density at radius 3 is 2.46 bits per heavy atom. The van der Waals surface area contributed by atoms with Gasteiger partial charge in [-0.2, -0.15) is 0 Å². The van der Waals surface area contributed by atoms with Gasteiger partial charge in [-0.25, -0.2) is 0 Å². The minimum Gasteiger partial charge on any atom is -0.495 e. The van der Waals surface area contributed by atoms with E-state index in [0.29, 0.717) is 33.5 Å². The molecule has 26 heavy (non-hydrogen) atoms. The van der Waals surface area contributed by atoms with Crippen molar-refractivity contribution in [3.05, 3.63) is 57.6 Å². The molecule has 138 valence electrons. The molecule has 0 unspecified atom stereocenters. The van der Waals surface area contributed by atoms with Crippen molar-refractivity contribution < 1.29 is 14.3 Å². The van der Waals surface area contributed by atoms with Crippen LogP contribution < -0.4 is 10.1 Å². The molecule has 0 aliphatic heterocycles. The molecule has 2 aromatic carbocycles. The fourth-order valence-corrected chi connectivity index (χ4v) is 2.89. The van der Waals surface area contributed by atoms with Crippen molar-refractivity contribution in [3.63, 3.8) is 0 Å².